The first-order valence-electron chi connectivity index (χ1n) is 3.18. The van der Waals surface area contributed by atoms with E-state index in [2.05, 4.69) is 4.98 Å². The molecule has 2 rings (SSSR count). The zero-order valence-electron chi connectivity index (χ0n) is 5.77. The van der Waals surface area contributed by atoms with Gasteiger partial charge in [-0.25, -0.2) is 4.98 Å². The van der Waals surface area contributed by atoms with Crippen LogP contribution < -0.4 is 5.73 Å². The molecular formula is C7H7N3S. The first kappa shape index (κ1) is 6.42. The lowest BCUT2D eigenvalue weighted by Crippen LogP contribution is -1.85. The highest BCUT2D eigenvalue weighted by Gasteiger charge is 1.95. The fourth-order valence-electron chi connectivity index (χ4n) is 0.883. The first-order valence-corrected chi connectivity index (χ1v) is 4.12. The van der Waals surface area contributed by atoms with Gasteiger partial charge in [-0.3, -0.25) is 0 Å². The molecule has 3 nitrogen and oxygen atoms in total. The summed E-state index contributed by atoms with van der Waals surface area (Å²) >= 11 is 1.65. The standard InChI is InChI=1S/C7H7N3S/c8-7-3-10(5-9-7)6-1-2-11-4-6/h1-5H,8H2. The Morgan fingerprint density at radius 3 is 3.00 bits per heavy atom. The molecule has 0 fully saturated rings. The van der Waals surface area contributed by atoms with Crippen LogP contribution in [-0.4, -0.2) is 9.55 Å². The topological polar surface area (TPSA) is 43.8 Å². The quantitative estimate of drug-likeness (QED) is 0.696. The predicted octanol–water partition coefficient (Wildman–Crippen LogP) is 1.52. The molecule has 2 aromatic heterocycles. The molecule has 2 N–H and O–H groups in total. The number of nitrogens with two attached hydrogens (primary N) is 1. The Hall–Kier alpha value is -1.29. The Kier molecular flexibility index (Phi) is 1.40. The van der Waals surface area contributed by atoms with Crippen molar-refractivity contribution in [1.82, 2.24) is 9.55 Å². The Labute approximate surface area is 68.1 Å². The molecule has 0 saturated heterocycles. The van der Waals surface area contributed by atoms with Crippen LogP contribution in [0.3, 0.4) is 0 Å². The summed E-state index contributed by atoms with van der Waals surface area (Å²) < 4.78 is 1.89. The lowest BCUT2D eigenvalue weighted by molar-refractivity contribution is 1.07. The molecule has 0 saturated carbocycles. The van der Waals surface area contributed by atoms with Gasteiger partial charge in [0.05, 0.1) is 11.9 Å². The third kappa shape index (κ3) is 1.12. The van der Waals surface area contributed by atoms with E-state index < -0.39 is 0 Å². The van der Waals surface area contributed by atoms with Crippen molar-refractivity contribution in [3.63, 3.8) is 0 Å². The van der Waals surface area contributed by atoms with E-state index in [0.717, 1.165) is 5.69 Å². The van der Waals surface area contributed by atoms with Crippen LogP contribution in [0.1, 0.15) is 0 Å². The van der Waals surface area contributed by atoms with Gasteiger partial charge >= 0.3 is 0 Å². The fourth-order valence-corrected chi connectivity index (χ4v) is 1.52. The van der Waals surface area contributed by atoms with E-state index in [1.165, 1.54) is 0 Å². The average molecular weight is 165 g/mol. The van der Waals surface area contributed by atoms with Crippen LogP contribution in [0.4, 0.5) is 5.82 Å². The second-order valence-corrected chi connectivity index (χ2v) is 2.97. The monoisotopic (exact) mass is 165 g/mol. The van der Waals surface area contributed by atoms with Gasteiger partial charge in [0.2, 0.25) is 0 Å². The van der Waals surface area contributed by atoms with Gasteiger partial charge in [0.1, 0.15) is 12.1 Å². The van der Waals surface area contributed by atoms with Crippen LogP contribution in [0.5, 0.6) is 0 Å². The molecule has 2 aromatic rings. The summed E-state index contributed by atoms with van der Waals surface area (Å²) in [6, 6.07) is 2.02. The van der Waals surface area contributed by atoms with Gasteiger partial charge in [0, 0.05) is 5.38 Å². The summed E-state index contributed by atoms with van der Waals surface area (Å²) in [7, 11) is 0. The van der Waals surface area contributed by atoms with E-state index in [0.29, 0.717) is 5.82 Å². The third-order valence-corrected chi connectivity index (χ3v) is 2.08. The van der Waals surface area contributed by atoms with Crippen LogP contribution in [0.25, 0.3) is 5.69 Å². The van der Waals surface area contributed by atoms with Crippen LogP contribution in [-0.2, 0) is 0 Å². The van der Waals surface area contributed by atoms with E-state index in [-0.39, 0.29) is 0 Å². The zero-order chi connectivity index (χ0) is 7.68. The van der Waals surface area contributed by atoms with Gasteiger partial charge in [-0.15, -0.1) is 0 Å². The molecule has 0 aliphatic carbocycles. The molecule has 0 spiro atoms. The summed E-state index contributed by atoms with van der Waals surface area (Å²) in [5.41, 5.74) is 6.57. The molecule has 11 heavy (non-hydrogen) atoms. The van der Waals surface area contributed by atoms with Crippen LogP contribution in [0.2, 0.25) is 0 Å². The molecule has 0 aliphatic rings. The maximum Gasteiger partial charge on any atom is 0.141 e. The molecular weight excluding hydrogens is 158 g/mol. The maximum atomic E-state index is 5.46. The lowest BCUT2D eigenvalue weighted by atomic mass is 10.5. The summed E-state index contributed by atoms with van der Waals surface area (Å²) in [6.07, 6.45) is 3.50. The number of anilines is 1. The minimum absolute atomic E-state index is 0.552. The number of thiophene rings is 1. The molecule has 0 aromatic carbocycles. The molecule has 0 atom stereocenters. The van der Waals surface area contributed by atoms with E-state index in [1.807, 2.05) is 21.4 Å². The minimum atomic E-state index is 0.552. The van der Waals surface area contributed by atoms with Crippen molar-refractivity contribution in [3.05, 3.63) is 29.4 Å². The Morgan fingerprint density at radius 2 is 2.45 bits per heavy atom. The Bertz CT molecular complexity index is 336. The number of hydrogen-bond donors (Lipinski definition) is 1. The minimum Gasteiger partial charge on any atom is -0.382 e. The molecule has 0 aliphatic heterocycles. The number of rotatable bonds is 1. The average Bonchev–Trinajstić information content (AvgIpc) is 2.55. The van der Waals surface area contributed by atoms with Gasteiger partial charge in [-0.1, -0.05) is 0 Å². The Morgan fingerprint density at radius 1 is 1.55 bits per heavy atom. The molecule has 0 radical (unpaired) electrons. The summed E-state index contributed by atoms with van der Waals surface area (Å²) in [4.78, 5) is 3.92. The van der Waals surface area contributed by atoms with E-state index in [4.69, 9.17) is 5.73 Å². The predicted molar refractivity (Wildman–Crippen MR) is 45.9 cm³/mol. The van der Waals surface area contributed by atoms with Crippen LogP contribution in [0, 0.1) is 0 Å². The first-order chi connectivity index (χ1) is 5.36. The maximum absolute atomic E-state index is 5.46. The highest BCUT2D eigenvalue weighted by Crippen LogP contribution is 2.12. The van der Waals surface area contributed by atoms with Crippen molar-refractivity contribution in [1.29, 1.82) is 0 Å². The van der Waals surface area contributed by atoms with E-state index in [1.54, 1.807) is 23.9 Å². The normalized spacial score (nSPS) is 10.2. The molecule has 0 unspecified atom stereocenters. The summed E-state index contributed by atoms with van der Waals surface area (Å²) in [5, 5.41) is 4.06. The number of aromatic nitrogens is 2. The van der Waals surface area contributed by atoms with Crippen molar-refractivity contribution in [2.45, 2.75) is 0 Å². The second kappa shape index (κ2) is 2.39. The van der Waals surface area contributed by atoms with Crippen LogP contribution >= 0.6 is 11.3 Å². The van der Waals surface area contributed by atoms with E-state index in [9.17, 15) is 0 Å². The van der Waals surface area contributed by atoms with Crippen LogP contribution in [0.15, 0.2) is 29.4 Å². The highest BCUT2D eigenvalue weighted by atomic mass is 32.1. The number of nitrogens with zero attached hydrogens (tertiary/aromatic N) is 2. The fraction of sp³-hybridized carbons (Fsp3) is 0. The largest absolute Gasteiger partial charge is 0.382 e. The van der Waals surface area contributed by atoms with Crippen molar-refractivity contribution < 1.29 is 0 Å². The van der Waals surface area contributed by atoms with E-state index >= 15 is 0 Å². The third-order valence-electron chi connectivity index (χ3n) is 1.41. The van der Waals surface area contributed by atoms with Gasteiger partial charge in [-0.2, -0.15) is 11.3 Å². The molecule has 4 heteroatoms. The molecule has 0 amide bonds. The second-order valence-electron chi connectivity index (χ2n) is 2.19. The van der Waals surface area contributed by atoms with Gasteiger partial charge in [0.15, 0.2) is 0 Å². The van der Waals surface area contributed by atoms with Crippen molar-refractivity contribution >= 4 is 17.2 Å². The zero-order valence-corrected chi connectivity index (χ0v) is 6.58. The molecule has 2 heterocycles. The summed E-state index contributed by atoms with van der Waals surface area (Å²) in [5.74, 6) is 0.552. The van der Waals surface area contributed by atoms with Gasteiger partial charge in [-0.05, 0) is 11.4 Å². The highest BCUT2D eigenvalue weighted by molar-refractivity contribution is 7.08. The Balaban J connectivity index is 2.45. The van der Waals surface area contributed by atoms with Gasteiger partial charge < -0.3 is 10.3 Å². The number of hydrogen-bond acceptors (Lipinski definition) is 3. The van der Waals surface area contributed by atoms with Crippen molar-refractivity contribution in [2.24, 2.45) is 0 Å². The number of nitrogen functional groups attached to an aromatic ring is 1. The lowest BCUT2D eigenvalue weighted by Gasteiger charge is -1.92. The molecule has 0 bridgehead atoms. The smallest absolute Gasteiger partial charge is 0.141 e. The van der Waals surface area contributed by atoms with Crippen molar-refractivity contribution in [2.75, 3.05) is 5.73 Å². The molecule has 56 valence electrons. The van der Waals surface area contributed by atoms with Crippen molar-refractivity contribution in [3.8, 4) is 5.69 Å². The SMILES string of the molecule is Nc1cn(-c2ccsc2)cn1. The van der Waals surface area contributed by atoms with Gasteiger partial charge in [0.25, 0.3) is 0 Å². The summed E-state index contributed by atoms with van der Waals surface area (Å²) in [6.45, 7) is 0. The number of imidazole rings is 1.